The fourth-order valence-corrected chi connectivity index (χ4v) is 1.72. The van der Waals surface area contributed by atoms with E-state index in [0.717, 1.165) is 18.2 Å². The van der Waals surface area contributed by atoms with Crippen LogP contribution < -0.4 is 0 Å². The topological polar surface area (TPSA) is 0 Å². The van der Waals surface area contributed by atoms with Crippen LogP contribution in [0.1, 0.15) is 11.1 Å². The van der Waals surface area contributed by atoms with Crippen molar-refractivity contribution < 1.29 is 17.6 Å². The lowest BCUT2D eigenvalue weighted by Gasteiger charge is -2.04. The van der Waals surface area contributed by atoms with Crippen molar-refractivity contribution in [3.63, 3.8) is 0 Å². The Bertz CT molecular complexity index is 564. The predicted octanol–water partition coefficient (Wildman–Crippen LogP) is 4.03. The molecule has 0 aromatic heterocycles. The molecule has 0 saturated heterocycles. The summed E-state index contributed by atoms with van der Waals surface area (Å²) in [6.45, 7) is 0. The quantitative estimate of drug-likeness (QED) is 0.725. The number of aryl methyl sites for hydroxylation is 2. The lowest BCUT2D eigenvalue weighted by molar-refractivity contribution is 0.497. The molecule has 0 amide bonds. The molecule has 0 aliphatic carbocycles. The Morgan fingerprint density at radius 3 is 2.22 bits per heavy atom. The Balaban J connectivity index is 2.11. The SMILES string of the molecule is Fc1ccc(CCc2cccc(F)c2F)cc1F. The summed E-state index contributed by atoms with van der Waals surface area (Å²) in [4.78, 5) is 0. The van der Waals surface area contributed by atoms with Crippen molar-refractivity contribution in [1.82, 2.24) is 0 Å². The molecule has 94 valence electrons. The Morgan fingerprint density at radius 1 is 0.722 bits per heavy atom. The molecule has 0 nitrogen and oxygen atoms in total. The van der Waals surface area contributed by atoms with Crippen LogP contribution in [0.25, 0.3) is 0 Å². The predicted molar refractivity (Wildman–Crippen MR) is 60.1 cm³/mol. The van der Waals surface area contributed by atoms with E-state index in [1.54, 1.807) is 0 Å². The molecule has 0 atom stereocenters. The average Bonchev–Trinajstić information content (AvgIpc) is 2.35. The van der Waals surface area contributed by atoms with Gasteiger partial charge in [-0.2, -0.15) is 0 Å². The fraction of sp³-hybridized carbons (Fsp3) is 0.143. The molecular weight excluding hydrogens is 244 g/mol. The molecule has 18 heavy (non-hydrogen) atoms. The maximum absolute atomic E-state index is 13.3. The van der Waals surface area contributed by atoms with Crippen LogP contribution in [0, 0.1) is 23.3 Å². The van der Waals surface area contributed by atoms with Crippen LogP contribution in [-0.4, -0.2) is 0 Å². The molecule has 2 aromatic carbocycles. The second-order valence-electron chi connectivity index (χ2n) is 3.96. The molecule has 0 saturated carbocycles. The fourth-order valence-electron chi connectivity index (χ4n) is 1.72. The van der Waals surface area contributed by atoms with E-state index in [2.05, 4.69) is 0 Å². The van der Waals surface area contributed by atoms with E-state index in [4.69, 9.17) is 0 Å². The molecular formula is C14H10F4. The number of benzene rings is 2. The monoisotopic (exact) mass is 254 g/mol. The summed E-state index contributed by atoms with van der Waals surface area (Å²) >= 11 is 0. The minimum Gasteiger partial charge on any atom is -0.204 e. The Kier molecular flexibility index (Phi) is 3.65. The zero-order valence-electron chi connectivity index (χ0n) is 9.39. The van der Waals surface area contributed by atoms with Crippen LogP contribution in [0.3, 0.4) is 0 Å². The summed E-state index contributed by atoms with van der Waals surface area (Å²) in [5.74, 6) is -3.65. The average molecular weight is 254 g/mol. The van der Waals surface area contributed by atoms with Gasteiger partial charge < -0.3 is 0 Å². The molecule has 0 aliphatic rings. The van der Waals surface area contributed by atoms with Crippen molar-refractivity contribution in [2.75, 3.05) is 0 Å². The van der Waals surface area contributed by atoms with Crippen molar-refractivity contribution in [2.45, 2.75) is 12.8 Å². The summed E-state index contributed by atoms with van der Waals surface area (Å²) in [7, 11) is 0. The number of hydrogen-bond acceptors (Lipinski definition) is 0. The largest absolute Gasteiger partial charge is 0.204 e. The molecule has 0 bridgehead atoms. The zero-order chi connectivity index (χ0) is 13.1. The van der Waals surface area contributed by atoms with E-state index in [9.17, 15) is 17.6 Å². The van der Waals surface area contributed by atoms with E-state index >= 15 is 0 Å². The van der Waals surface area contributed by atoms with Gasteiger partial charge in [0.05, 0.1) is 0 Å². The molecule has 0 aliphatic heterocycles. The second-order valence-corrected chi connectivity index (χ2v) is 3.96. The molecule has 0 N–H and O–H groups in total. The Labute approximate surface area is 102 Å². The van der Waals surface area contributed by atoms with Crippen molar-refractivity contribution >= 4 is 0 Å². The first-order valence-electron chi connectivity index (χ1n) is 5.45. The third-order valence-electron chi connectivity index (χ3n) is 2.70. The van der Waals surface area contributed by atoms with Crippen LogP contribution in [0.2, 0.25) is 0 Å². The molecule has 4 heteroatoms. The standard InChI is InChI=1S/C14H10F4/c15-11-7-5-9(8-13(11)17)4-6-10-2-1-3-12(16)14(10)18/h1-3,5,7-8H,4,6H2. The Morgan fingerprint density at radius 2 is 1.50 bits per heavy atom. The van der Waals surface area contributed by atoms with Gasteiger partial charge in [0.1, 0.15) is 0 Å². The second kappa shape index (κ2) is 5.21. The molecule has 0 spiro atoms. The van der Waals surface area contributed by atoms with Gasteiger partial charge in [0.2, 0.25) is 0 Å². The third-order valence-corrected chi connectivity index (χ3v) is 2.70. The maximum atomic E-state index is 13.3. The van der Waals surface area contributed by atoms with Gasteiger partial charge in [-0.3, -0.25) is 0 Å². The molecule has 2 aromatic rings. The number of halogens is 4. The van der Waals surface area contributed by atoms with Crippen molar-refractivity contribution in [3.8, 4) is 0 Å². The Hall–Kier alpha value is -1.84. The first-order chi connectivity index (χ1) is 8.58. The maximum Gasteiger partial charge on any atom is 0.162 e. The first-order valence-corrected chi connectivity index (χ1v) is 5.45. The highest BCUT2D eigenvalue weighted by Crippen LogP contribution is 2.15. The third kappa shape index (κ3) is 2.70. The lowest BCUT2D eigenvalue weighted by Crippen LogP contribution is -1.98. The number of rotatable bonds is 3. The van der Waals surface area contributed by atoms with Crippen LogP contribution in [0.15, 0.2) is 36.4 Å². The summed E-state index contributed by atoms with van der Waals surface area (Å²) in [6.07, 6.45) is 0.548. The van der Waals surface area contributed by atoms with E-state index in [1.807, 2.05) is 0 Å². The van der Waals surface area contributed by atoms with E-state index < -0.39 is 23.3 Å². The van der Waals surface area contributed by atoms with Gasteiger partial charge >= 0.3 is 0 Å². The van der Waals surface area contributed by atoms with E-state index in [1.165, 1.54) is 18.2 Å². The molecule has 2 rings (SSSR count). The molecule has 0 heterocycles. The minimum atomic E-state index is -0.938. The van der Waals surface area contributed by atoms with Crippen molar-refractivity contribution in [3.05, 3.63) is 70.8 Å². The van der Waals surface area contributed by atoms with E-state index in [0.29, 0.717) is 12.0 Å². The lowest BCUT2D eigenvalue weighted by atomic mass is 10.0. The van der Waals surface area contributed by atoms with Crippen molar-refractivity contribution in [1.29, 1.82) is 0 Å². The first kappa shape index (κ1) is 12.6. The van der Waals surface area contributed by atoms with Gasteiger partial charge in [0.15, 0.2) is 23.3 Å². The summed E-state index contributed by atoms with van der Waals surface area (Å²) in [5, 5.41) is 0. The highest BCUT2D eigenvalue weighted by molar-refractivity contribution is 5.23. The highest BCUT2D eigenvalue weighted by atomic mass is 19.2. The van der Waals surface area contributed by atoms with Gasteiger partial charge in [0, 0.05) is 0 Å². The van der Waals surface area contributed by atoms with Crippen LogP contribution in [0.4, 0.5) is 17.6 Å². The summed E-state index contributed by atoms with van der Waals surface area (Å²) in [5.41, 5.74) is 0.761. The van der Waals surface area contributed by atoms with Crippen LogP contribution in [-0.2, 0) is 12.8 Å². The normalized spacial score (nSPS) is 10.7. The van der Waals surface area contributed by atoms with Gasteiger partial charge in [-0.25, -0.2) is 17.6 Å². The van der Waals surface area contributed by atoms with Gasteiger partial charge in [-0.1, -0.05) is 18.2 Å². The van der Waals surface area contributed by atoms with Crippen LogP contribution in [0.5, 0.6) is 0 Å². The smallest absolute Gasteiger partial charge is 0.162 e. The highest BCUT2D eigenvalue weighted by Gasteiger charge is 2.08. The molecule has 0 radical (unpaired) electrons. The van der Waals surface area contributed by atoms with Gasteiger partial charge in [0.25, 0.3) is 0 Å². The zero-order valence-corrected chi connectivity index (χ0v) is 9.39. The van der Waals surface area contributed by atoms with Crippen molar-refractivity contribution in [2.24, 2.45) is 0 Å². The molecule has 0 fully saturated rings. The summed E-state index contributed by atoms with van der Waals surface area (Å²) in [6, 6.07) is 7.43. The van der Waals surface area contributed by atoms with E-state index in [-0.39, 0.29) is 12.0 Å². The van der Waals surface area contributed by atoms with Gasteiger partial charge in [-0.05, 0) is 42.2 Å². The minimum absolute atomic E-state index is 0.222. The molecule has 0 unspecified atom stereocenters. The summed E-state index contributed by atoms with van der Waals surface area (Å²) < 4.78 is 51.9. The van der Waals surface area contributed by atoms with Crippen LogP contribution >= 0.6 is 0 Å². The van der Waals surface area contributed by atoms with Gasteiger partial charge in [-0.15, -0.1) is 0 Å². The number of hydrogen-bond donors (Lipinski definition) is 0.